The highest BCUT2D eigenvalue weighted by atomic mass is 19.1. The van der Waals surface area contributed by atoms with Gasteiger partial charge in [0.2, 0.25) is 5.91 Å². The Hall–Kier alpha value is -3.55. The van der Waals surface area contributed by atoms with E-state index >= 15 is 0 Å². The second-order valence-corrected chi connectivity index (χ2v) is 8.46. The molecule has 7 nitrogen and oxygen atoms in total. The summed E-state index contributed by atoms with van der Waals surface area (Å²) in [6.45, 7) is 4.01. The zero-order valence-corrected chi connectivity index (χ0v) is 18.6. The van der Waals surface area contributed by atoms with Crippen LogP contribution in [0, 0.1) is 11.7 Å². The fourth-order valence-electron chi connectivity index (χ4n) is 3.80. The van der Waals surface area contributed by atoms with Crippen molar-refractivity contribution in [2.24, 2.45) is 5.92 Å². The molecule has 0 radical (unpaired) electrons. The molecule has 0 atom stereocenters. The molecule has 8 heteroatoms. The summed E-state index contributed by atoms with van der Waals surface area (Å²) >= 11 is 0. The molecule has 1 N–H and O–H groups in total. The second kappa shape index (κ2) is 10.4. The van der Waals surface area contributed by atoms with E-state index in [1.165, 1.54) is 12.1 Å². The van der Waals surface area contributed by atoms with Crippen molar-refractivity contribution >= 4 is 5.91 Å². The average molecular weight is 451 g/mol. The molecule has 2 heterocycles. The van der Waals surface area contributed by atoms with E-state index in [1.54, 1.807) is 36.4 Å². The van der Waals surface area contributed by atoms with Crippen LogP contribution in [0.3, 0.4) is 0 Å². The first-order valence-electron chi connectivity index (χ1n) is 11.2. The highest BCUT2D eigenvalue weighted by Gasteiger charge is 2.20. The molecule has 1 saturated heterocycles. The van der Waals surface area contributed by atoms with Crippen LogP contribution >= 0.6 is 0 Å². The first kappa shape index (κ1) is 22.6. The van der Waals surface area contributed by atoms with E-state index in [1.807, 2.05) is 4.90 Å². The van der Waals surface area contributed by atoms with Gasteiger partial charge in [0.15, 0.2) is 5.82 Å². The molecule has 172 valence electrons. The van der Waals surface area contributed by atoms with Gasteiger partial charge in [-0.05, 0) is 60.7 Å². The lowest BCUT2D eigenvalue weighted by Crippen LogP contribution is -2.38. The molecule has 0 spiro atoms. The molecule has 33 heavy (non-hydrogen) atoms. The molecule has 1 aromatic heterocycles. The molecule has 2 aromatic carbocycles. The van der Waals surface area contributed by atoms with Crippen molar-refractivity contribution in [3.8, 4) is 17.1 Å². The molecule has 1 fully saturated rings. The van der Waals surface area contributed by atoms with Gasteiger partial charge in [-0.1, -0.05) is 19.1 Å². The number of carbonyl (C=O) groups is 1. The molecule has 1 amide bonds. The molecular formula is C25H27FN4O3. The number of hydrogen-bond acceptors (Lipinski definition) is 5. The van der Waals surface area contributed by atoms with Gasteiger partial charge in [-0.2, -0.15) is 0 Å². The molecule has 3 aromatic rings. The third-order valence-corrected chi connectivity index (χ3v) is 5.90. The van der Waals surface area contributed by atoms with Gasteiger partial charge >= 0.3 is 0 Å². The van der Waals surface area contributed by atoms with Crippen molar-refractivity contribution in [3.05, 3.63) is 76.0 Å². The van der Waals surface area contributed by atoms with E-state index in [2.05, 4.69) is 22.1 Å². The van der Waals surface area contributed by atoms with Crippen molar-refractivity contribution in [2.45, 2.75) is 39.2 Å². The maximum Gasteiger partial charge on any atom is 0.273 e. The first-order chi connectivity index (χ1) is 16.0. The predicted octanol–water partition coefficient (Wildman–Crippen LogP) is 3.74. The number of rotatable bonds is 7. The number of aryl methyl sites for hydroxylation is 1. The fourth-order valence-corrected chi connectivity index (χ4v) is 3.80. The lowest BCUT2D eigenvalue weighted by Gasteiger charge is -2.30. The lowest BCUT2D eigenvalue weighted by atomic mass is 9.99. The Morgan fingerprint density at radius 1 is 1.15 bits per heavy atom. The monoisotopic (exact) mass is 450 g/mol. The molecule has 0 bridgehead atoms. The normalized spacial score (nSPS) is 14.3. The van der Waals surface area contributed by atoms with Crippen molar-refractivity contribution in [1.82, 2.24) is 20.1 Å². The predicted molar refractivity (Wildman–Crippen MR) is 122 cm³/mol. The fraction of sp³-hybridized carbons (Fsp3) is 0.360. The number of halogens is 1. The standard InChI is InChI=1S/C25H27FN4O3/c1-17-11-13-30(14-12-17)23(31)10-9-22-25(32)27-24(29-28-22)19-5-7-21(8-6-19)33-16-18-3-2-4-20(26)15-18/h2-8,15,17H,9-14,16H2,1H3,(H,27,29,32). The van der Waals surface area contributed by atoms with Crippen LogP contribution in [0.25, 0.3) is 11.4 Å². The minimum Gasteiger partial charge on any atom is -0.489 e. The number of aromatic amines is 1. The number of piperidine rings is 1. The average Bonchev–Trinajstić information content (AvgIpc) is 2.82. The number of nitrogens with zero attached hydrogens (tertiary/aromatic N) is 3. The molecule has 1 aliphatic rings. The Labute approximate surface area is 191 Å². The Balaban J connectivity index is 1.33. The second-order valence-electron chi connectivity index (χ2n) is 8.46. The van der Waals surface area contributed by atoms with Gasteiger partial charge in [-0.3, -0.25) is 9.59 Å². The van der Waals surface area contributed by atoms with Gasteiger partial charge < -0.3 is 14.6 Å². The van der Waals surface area contributed by atoms with Crippen LogP contribution in [0.5, 0.6) is 5.75 Å². The van der Waals surface area contributed by atoms with Gasteiger partial charge in [0.25, 0.3) is 5.56 Å². The Morgan fingerprint density at radius 3 is 2.61 bits per heavy atom. The Kier molecular flexibility index (Phi) is 7.12. The smallest absolute Gasteiger partial charge is 0.273 e. The number of ether oxygens (including phenoxy) is 1. The highest BCUT2D eigenvalue weighted by Crippen LogP contribution is 2.20. The zero-order valence-electron chi connectivity index (χ0n) is 18.6. The van der Waals surface area contributed by atoms with E-state index in [9.17, 15) is 14.0 Å². The van der Waals surface area contributed by atoms with E-state index in [0.717, 1.165) is 31.5 Å². The third-order valence-electron chi connectivity index (χ3n) is 5.90. The van der Waals surface area contributed by atoms with Gasteiger partial charge in [0.05, 0.1) is 0 Å². The topological polar surface area (TPSA) is 88.2 Å². The minimum atomic E-state index is -0.341. The number of carbonyl (C=O) groups excluding carboxylic acids is 1. The van der Waals surface area contributed by atoms with Gasteiger partial charge in [-0.25, -0.2) is 4.39 Å². The van der Waals surface area contributed by atoms with E-state index < -0.39 is 0 Å². The summed E-state index contributed by atoms with van der Waals surface area (Å²) in [5, 5.41) is 8.19. The van der Waals surface area contributed by atoms with Gasteiger partial charge in [-0.15, -0.1) is 10.2 Å². The molecule has 0 unspecified atom stereocenters. The Morgan fingerprint density at radius 2 is 1.91 bits per heavy atom. The zero-order chi connectivity index (χ0) is 23.2. The summed E-state index contributed by atoms with van der Waals surface area (Å²) in [5.74, 6) is 1.37. The lowest BCUT2D eigenvalue weighted by molar-refractivity contribution is -0.132. The van der Waals surface area contributed by atoms with Crippen LogP contribution in [-0.4, -0.2) is 39.1 Å². The third kappa shape index (κ3) is 6.03. The number of benzene rings is 2. The Bertz CT molecular complexity index is 1150. The molecule has 4 rings (SSSR count). The summed E-state index contributed by atoms with van der Waals surface area (Å²) in [5.41, 5.74) is 1.33. The largest absolute Gasteiger partial charge is 0.489 e. The van der Waals surface area contributed by atoms with Gasteiger partial charge in [0.1, 0.15) is 23.9 Å². The number of H-pyrrole nitrogens is 1. The van der Waals surface area contributed by atoms with Crippen molar-refractivity contribution < 1.29 is 13.9 Å². The summed E-state index contributed by atoms with van der Waals surface area (Å²) in [7, 11) is 0. The van der Waals surface area contributed by atoms with Crippen LogP contribution in [0.4, 0.5) is 4.39 Å². The van der Waals surface area contributed by atoms with Gasteiger partial charge in [0, 0.05) is 31.5 Å². The molecular weight excluding hydrogens is 423 g/mol. The first-order valence-corrected chi connectivity index (χ1v) is 11.2. The summed E-state index contributed by atoms with van der Waals surface area (Å²) in [4.78, 5) is 29.5. The van der Waals surface area contributed by atoms with Crippen LogP contribution in [0.1, 0.15) is 37.4 Å². The van der Waals surface area contributed by atoms with Crippen LogP contribution < -0.4 is 10.3 Å². The number of hydrogen-bond donors (Lipinski definition) is 1. The molecule has 0 saturated carbocycles. The van der Waals surface area contributed by atoms with E-state index in [-0.39, 0.29) is 42.4 Å². The van der Waals surface area contributed by atoms with E-state index in [4.69, 9.17) is 4.74 Å². The van der Waals surface area contributed by atoms with Crippen LogP contribution in [-0.2, 0) is 17.8 Å². The van der Waals surface area contributed by atoms with E-state index in [0.29, 0.717) is 23.1 Å². The van der Waals surface area contributed by atoms with Crippen molar-refractivity contribution in [1.29, 1.82) is 0 Å². The maximum absolute atomic E-state index is 13.3. The summed E-state index contributed by atoms with van der Waals surface area (Å²) in [6.07, 6.45) is 2.56. The summed E-state index contributed by atoms with van der Waals surface area (Å²) < 4.78 is 18.9. The number of likely N-dealkylation sites (tertiary alicyclic amines) is 1. The number of aromatic nitrogens is 3. The van der Waals surface area contributed by atoms with Crippen molar-refractivity contribution in [3.63, 3.8) is 0 Å². The molecule has 1 aliphatic heterocycles. The maximum atomic E-state index is 13.3. The highest BCUT2D eigenvalue weighted by molar-refractivity contribution is 5.76. The minimum absolute atomic E-state index is 0.0565. The number of amides is 1. The van der Waals surface area contributed by atoms with Crippen molar-refractivity contribution in [2.75, 3.05) is 13.1 Å². The van der Waals surface area contributed by atoms with Crippen LogP contribution in [0.2, 0.25) is 0 Å². The van der Waals surface area contributed by atoms with Crippen LogP contribution in [0.15, 0.2) is 53.3 Å². The molecule has 0 aliphatic carbocycles. The number of nitrogens with one attached hydrogen (secondary N) is 1. The SMILES string of the molecule is CC1CCN(C(=O)CCc2nnc(-c3ccc(OCc4cccc(F)c4)cc3)[nH]c2=O)CC1. The quantitative estimate of drug-likeness (QED) is 0.592. The summed E-state index contributed by atoms with van der Waals surface area (Å²) in [6, 6.07) is 13.3.